The van der Waals surface area contributed by atoms with E-state index in [9.17, 15) is 14.7 Å². The van der Waals surface area contributed by atoms with Gasteiger partial charge >= 0.3 is 5.97 Å². The normalized spacial score (nSPS) is 15.2. The van der Waals surface area contributed by atoms with Crippen molar-refractivity contribution in [3.05, 3.63) is 30.1 Å². The van der Waals surface area contributed by atoms with Gasteiger partial charge in [-0.2, -0.15) is 5.26 Å². The Labute approximate surface area is 116 Å². The Morgan fingerprint density at radius 2 is 2.25 bits per heavy atom. The van der Waals surface area contributed by atoms with Crippen LogP contribution in [0, 0.1) is 16.7 Å². The molecule has 1 N–H and O–H groups in total. The van der Waals surface area contributed by atoms with Crippen LogP contribution in [0.5, 0.6) is 0 Å². The molecule has 1 aromatic rings. The number of amides is 1. The first-order valence-electron chi connectivity index (χ1n) is 6.39. The zero-order valence-electron chi connectivity index (χ0n) is 11.0. The van der Waals surface area contributed by atoms with Crippen LogP contribution in [0.15, 0.2) is 24.5 Å². The Kier molecular flexibility index (Phi) is 3.99. The van der Waals surface area contributed by atoms with Crippen LogP contribution in [-0.2, 0) is 16.1 Å². The van der Waals surface area contributed by atoms with Gasteiger partial charge in [0.05, 0.1) is 12.5 Å². The van der Waals surface area contributed by atoms with Crippen molar-refractivity contribution >= 4 is 11.9 Å². The highest BCUT2D eigenvalue weighted by atomic mass is 16.4. The van der Waals surface area contributed by atoms with Crippen molar-refractivity contribution in [2.75, 3.05) is 6.54 Å². The van der Waals surface area contributed by atoms with Gasteiger partial charge in [0.1, 0.15) is 5.41 Å². The molecule has 1 aromatic heterocycles. The highest BCUT2D eigenvalue weighted by Gasteiger charge is 2.58. The predicted octanol–water partition coefficient (Wildman–Crippen LogP) is 1.19. The first-order chi connectivity index (χ1) is 9.60. The fraction of sp³-hybridized carbons (Fsp3) is 0.429. The second kappa shape index (κ2) is 5.70. The summed E-state index contributed by atoms with van der Waals surface area (Å²) in [4.78, 5) is 29.0. The molecule has 0 bridgehead atoms. The smallest absolute Gasteiger partial charge is 0.319 e. The van der Waals surface area contributed by atoms with Crippen LogP contribution in [0.25, 0.3) is 0 Å². The zero-order valence-corrected chi connectivity index (χ0v) is 11.0. The number of aliphatic carboxylic acids is 1. The maximum atomic E-state index is 12.4. The Morgan fingerprint density at radius 3 is 2.75 bits per heavy atom. The third kappa shape index (κ3) is 2.77. The number of nitrogens with zero attached hydrogens (tertiary/aromatic N) is 3. The van der Waals surface area contributed by atoms with Crippen molar-refractivity contribution in [1.82, 2.24) is 9.88 Å². The summed E-state index contributed by atoms with van der Waals surface area (Å²) < 4.78 is 0. The highest BCUT2D eigenvalue weighted by molar-refractivity contribution is 6.04. The minimum Gasteiger partial charge on any atom is -0.480 e. The van der Waals surface area contributed by atoms with E-state index in [1.807, 2.05) is 12.1 Å². The van der Waals surface area contributed by atoms with Crippen LogP contribution < -0.4 is 0 Å². The van der Waals surface area contributed by atoms with Crippen LogP contribution in [0.1, 0.15) is 24.8 Å². The summed E-state index contributed by atoms with van der Waals surface area (Å²) in [6, 6.07) is 5.56. The molecule has 104 valence electrons. The van der Waals surface area contributed by atoms with Gasteiger partial charge in [0, 0.05) is 25.5 Å². The minimum atomic E-state index is -1.27. The van der Waals surface area contributed by atoms with Crippen LogP contribution in [0.3, 0.4) is 0 Å². The molecular weight excluding hydrogens is 258 g/mol. The number of carbonyl (C=O) groups is 2. The number of pyridine rings is 1. The largest absolute Gasteiger partial charge is 0.480 e. The van der Waals surface area contributed by atoms with Crippen molar-refractivity contribution in [3.8, 4) is 6.07 Å². The Morgan fingerprint density at radius 1 is 1.50 bits per heavy atom. The molecule has 1 heterocycles. The summed E-state index contributed by atoms with van der Waals surface area (Å²) in [7, 11) is 0. The molecule has 0 spiro atoms. The molecule has 20 heavy (non-hydrogen) atoms. The lowest BCUT2D eigenvalue weighted by Crippen LogP contribution is -2.41. The number of hydrogen-bond donors (Lipinski definition) is 1. The van der Waals surface area contributed by atoms with Crippen LogP contribution >= 0.6 is 0 Å². The lowest BCUT2D eigenvalue weighted by Gasteiger charge is -2.24. The van der Waals surface area contributed by atoms with Gasteiger partial charge in [-0.25, -0.2) is 0 Å². The Balaban J connectivity index is 2.14. The molecule has 1 fully saturated rings. The van der Waals surface area contributed by atoms with Gasteiger partial charge in [-0.1, -0.05) is 6.07 Å². The SMILES string of the molecule is N#CCCN(Cc1cccnc1)C(=O)C1(C(=O)O)CC1. The first-order valence-corrected chi connectivity index (χ1v) is 6.39. The molecular formula is C14H15N3O3. The number of nitriles is 1. The van der Waals surface area contributed by atoms with Gasteiger partial charge in [-0.05, 0) is 24.5 Å². The number of carbonyl (C=O) groups excluding carboxylic acids is 1. The quantitative estimate of drug-likeness (QED) is 0.785. The highest BCUT2D eigenvalue weighted by Crippen LogP contribution is 2.47. The minimum absolute atomic E-state index is 0.182. The fourth-order valence-electron chi connectivity index (χ4n) is 2.10. The molecule has 1 aliphatic carbocycles. The predicted molar refractivity (Wildman–Crippen MR) is 69.2 cm³/mol. The van der Waals surface area contributed by atoms with E-state index in [0.29, 0.717) is 12.8 Å². The molecule has 6 nitrogen and oxygen atoms in total. The van der Waals surface area contributed by atoms with Crippen molar-refractivity contribution in [2.24, 2.45) is 5.41 Å². The molecule has 1 aliphatic rings. The van der Waals surface area contributed by atoms with E-state index in [0.717, 1.165) is 5.56 Å². The lowest BCUT2D eigenvalue weighted by molar-refractivity contribution is -0.153. The second-order valence-corrected chi connectivity index (χ2v) is 4.88. The van der Waals surface area contributed by atoms with Gasteiger partial charge in [0.15, 0.2) is 0 Å². The summed E-state index contributed by atoms with van der Waals surface area (Å²) in [6.45, 7) is 0.517. The molecule has 6 heteroatoms. The van der Waals surface area contributed by atoms with Gasteiger partial charge in [0.2, 0.25) is 5.91 Å². The van der Waals surface area contributed by atoms with E-state index in [-0.39, 0.29) is 19.5 Å². The summed E-state index contributed by atoms with van der Waals surface area (Å²) in [6.07, 6.45) is 4.19. The van der Waals surface area contributed by atoms with E-state index in [1.165, 1.54) is 4.90 Å². The average molecular weight is 273 g/mol. The number of rotatable bonds is 6. The number of carboxylic acid groups (broad SMARTS) is 1. The summed E-state index contributed by atoms with van der Waals surface area (Å²) in [5.74, 6) is -1.47. The first kappa shape index (κ1) is 14.0. The molecule has 0 unspecified atom stereocenters. The average Bonchev–Trinajstić information content (AvgIpc) is 3.25. The number of hydrogen-bond acceptors (Lipinski definition) is 4. The fourth-order valence-corrected chi connectivity index (χ4v) is 2.10. The molecule has 0 atom stereocenters. The van der Waals surface area contributed by atoms with E-state index in [4.69, 9.17) is 5.26 Å². The van der Waals surface area contributed by atoms with Crippen LogP contribution in [-0.4, -0.2) is 33.4 Å². The topological polar surface area (TPSA) is 94.3 Å². The van der Waals surface area contributed by atoms with Crippen molar-refractivity contribution in [3.63, 3.8) is 0 Å². The summed E-state index contributed by atoms with van der Waals surface area (Å²) >= 11 is 0. The molecule has 0 aromatic carbocycles. The second-order valence-electron chi connectivity index (χ2n) is 4.88. The van der Waals surface area contributed by atoms with Crippen molar-refractivity contribution in [2.45, 2.75) is 25.8 Å². The molecule has 2 rings (SSSR count). The lowest BCUT2D eigenvalue weighted by atomic mass is 10.1. The Hall–Kier alpha value is -2.42. The van der Waals surface area contributed by atoms with E-state index in [1.54, 1.807) is 18.5 Å². The molecule has 0 radical (unpaired) electrons. The monoisotopic (exact) mass is 273 g/mol. The standard InChI is InChI=1S/C14H15N3O3/c15-6-2-8-17(10-11-3-1-7-16-9-11)12(18)14(4-5-14)13(19)20/h1,3,7,9H,2,4-5,8,10H2,(H,19,20). The van der Waals surface area contributed by atoms with Gasteiger partial charge in [-0.15, -0.1) is 0 Å². The van der Waals surface area contributed by atoms with Crippen LogP contribution in [0.2, 0.25) is 0 Å². The van der Waals surface area contributed by atoms with Crippen molar-refractivity contribution in [1.29, 1.82) is 5.26 Å². The molecule has 0 aliphatic heterocycles. The maximum Gasteiger partial charge on any atom is 0.319 e. The van der Waals surface area contributed by atoms with E-state index < -0.39 is 17.3 Å². The van der Waals surface area contributed by atoms with Crippen molar-refractivity contribution < 1.29 is 14.7 Å². The van der Waals surface area contributed by atoms with Gasteiger partial charge < -0.3 is 10.0 Å². The molecule has 1 saturated carbocycles. The summed E-state index contributed by atoms with van der Waals surface area (Å²) in [5, 5.41) is 17.9. The van der Waals surface area contributed by atoms with E-state index >= 15 is 0 Å². The number of carboxylic acids is 1. The zero-order chi connectivity index (χ0) is 14.6. The van der Waals surface area contributed by atoms with Gasteiger partial charge in [0.25, 0.3) is 0 Å². The Bertz CT molecular complexity index is 547. The summed E-state index contributed by atoms with van der Waals surface area (Å²) in [5.41, 5.74) is -0.447. The third-order valence-electron chi connectivity index (χ3n) is 3.45. The van der Waals surface area contributed by atoms with Gasteiger partial charge in [-0.3, -0.25) is 14.6 Å². The number of aromatic nitrogens is 1. The van der Waals surface area contributed by atoms with Crippen LogP contribution in [0.4, 0.5) is 0 Å². The molecule has 0 saturated heterocycles. The van der Waals surface area contributed by atoms with E-state index in [2.05, 4.69) is 4.98 Å². The molecule has 1 amide bonds. The third-order valence-corrected chi connectivity index (χ3v) is 3.45. The maximum absolute atomic E-state index is 12.4.